The number of nitrogens with one attached hydrogen (secondary N) is 1. The number of carbonyl (C=O) groups is 1. The first-order chi connectivity index (χ1) is 9.60. The maximum Gasteiger partial charge on any atom is 0.271 e. The molecule has 0 fully saturated rings. The smallest absolute Gasteiger partial charge is 0.271 e. The van der Waals surface area contributed by atoms with Crippen molar-refractivity contribution in [2.24, 2.45) is 5.73 Å². The first-order valence-corrected chi connectivity index (χ1v) is 7.17. The minimum absolute atomic E-state index is 0.0738. The van der Waals surface area contributed by atoms with E-state index >= 15 is 0 Å². The average molecular weight is 337 g/mol. The van der Waals surface area contributed by atoms with Crippen molar-refractivity contribution in [3.8, 4) is 0 Å². The van der Waals surface area contributed by atoms with Crippen molar-refractivity contribution < 1.29 is 4.79 Å². The lowest BCUT2D eigenvalue weighted by atomic mass is 10.1. The molecule has 5 nitrogen and oxygen atoms in total. The molecule has 0 aliphatic rings. The van der Waals surface area contributed by atoms with Crippen LogP contribution in [0.4, 0.5) is 0 Å². The summed E-state index contributed by atoms with van der Waals surface area (Å²) < 4.78 is 2.82. The number of nitrogens with two attached hydrogens (primary N) is 1. The van der Waals surface area contributed by atoms with Crippen molar-refractivity contribution in [3.05, 3.63) is 52.5 Å². The summed E-state index contributed by atoms with van der Waals surface area (Å²) in [5.74, 6) is -0.184. The van der Waals surface area contributed by atoms with E-state index in [9.17, 15) is 4.79 Å². The van der Waals surface area contributed by atoms with E-state index in [0.29, 0.717) is 18.8 Å². The van der Waals surface area contributed by atoms with Gasteiger partial charge in [0.1, 0.15) is 5.69 Å². The van der Waals surface area contributed by atoms with Crippen LogP contribution in [0.3, 0.4) is 0 Å². The Morgan fingerprint density at radius 2 is 2.15 bits per heavy atom. The lowest BCUT2D eigenvalue weighted by Crippen LogP contribution is -2.26. The Kier molecular flexibility index (Phi) is 4.92. The van der Waals surface area contributed by atoms with Gasteiger partial charge >= 0.3 is 0 Å². The lowest BCUT2D eigenvalue weighted by Gasteiger charge is -2.13. The van der Waals surface area contributed by atoms with Crippen molar-refractivity contribution in [2.75, 3.05) is 6.54 Å². The quantitative estimate of drug-likeness (QED) is 0.878. The highest BCUT2D eigenvalue weighted by atomic mass is 79.9. The van der Waals surface area contributed by atoms with E-state index < -0.39 is 0 Å². The van der Waals surface area contributed by atoms with Crippen molar-refractivity contribution in [3.63, 3.8) is 0 Å². The first kappa shape index (κ1) is 14.7. The van der Waals surface area contributed by atoms with E-state index in [4.69, 9.17) is 5.73 Å². The molecule has 2 aromatic rings. The third kappa shape index (κ3) is 3.68. The Hall–Kier alpha value is -1.66. The minimum atomic E-state index is -0.184. The van der Waals surface area contributed by atoms with E-state index in [1.807, 2.05) is 31.2 Å². The van der Waals surface area contributed by atoms with Gasteiger partial charge in [0.2, 0.25) is 0 Å². The van der Waals surface area contributed by atoms with Gasteiger partial charge in [0.05, 0.1) is 12.4 Å². The molecule has 20 heavy (non-hydrogen) atoms. The van der Waals surface area contributed by atoms with Gasteiger partial charge in [-0.25, -0.2) is 4.98 Å². The Balaban J connectivity index is 2.01. The topological polar surface area (TPSA) is 72.9 Å². The molecule has 0 aliphatic heterocycles. The number of rotatable bonds is 5. The summed E-state index contributed by atoms with van der Waals surface area (Å²) in [4.78, 5) is 16.2. The van der Waals surface area contributed by atoms with Crippen LogP contribution in [0.25, 0.3) is 0 Å². The van der Waals surface area contributed by atoms with Gasteiger partial charge in [-0.2, -0.15) is 0 Å². The Labute approximate surface area is 126 Å². The van der Waals surface area contributed by atoms with Gasteiger partial charge in [0, 0.05) is 23.8 Å². The molecule has 2 rings (SSSR count). The van der Waals surface area contributed by atoms with Gasteiger partial charge in [0.15, 0.2) is 0 Å². The average Bonchev–Trinajstić information content (AvgIpc) is 2.88. The van der Waals surface area contributed by atoms with Crippen LogP contribution < -0.4 is 11.1 Å². The van der Waals surface area contributed by atoms with Gasteiger partial charge in [-0.1, -0.05) is 28.1 Å². The van der Waals surface area contributed by atoms with E-state index in [0.717, 1.165) is 10.0 Å². The summed E-state index contributed by atoms with van der Waals surface area (Å²) >= 11 is 3.39. The predicted molar refractivity (Wildman–Crippen MR) is 81.3 cm³/mol. The fraction of sp³-hybridized carbons (Fsp3) is 0.286. The molecule has 0 saturated carbocycles. The maximum absolute atomic E-state index is 12.1. The van der Waals surface area contributed by atoms with Crippen molar-refractivity contribution in [2.45, 2.75) is 19.5 Å². The largest absolute Gasteiger partial charge is 0.344 e. The second kappa shape index (κ2) is 6.67. The molecule has 0 radical (unpaired) electrons. The SMILES string of the molecule is CC(NC(=O)c1cn(CCN)cn1)c1ccc(Br)cc1. The number of hydrogen-bond donors (Lipinski definition) is 2. The fourth-order valence-corrected chi connectivity index (χ4v) is 2.12. The highest BCUT2D eigenvalue weighted by Crippen LogP contribution is 2.16. The highest BCUT2D eigenvalue weighted by molar-refractivity contribution is 9.10. The van der Waals surface area contributed by atoms with Crippen molar-refractivity contribution >= 4 is 21.8 Å². The van der Waals surface area contributed by atoms with E-state index in [2.05, 4.69) is 26.2 Å². The molecule has 106 valence electrons. The van der Waals surface area contributed by atoms with Crippen LogP contribution in [0, 0.1) is 0 Å². The number of aromatic nitrogens is 2. The molecular formula is C14H17BrN4O. The monoisotopic (exact) mass is 336 g/mol. The van der Waals surface area contributed by atoms with Crippen LogP contribution in [0.5, 0.6) is 0 Å². The predicted octanol–water partition coefficient (Wildman–Crippen LogP) is 2.10. The molecule has 1 aromatic heterocycles. The number of amides is 1. The molecule has 3 N–H and O–H groups in total. The Morgan fingerprint density at radius 1 is 1.45 bits per heavy atom. The molecule has 1 heterocycles. The molecule has 6 heteroatoms. The summed E-state index contributed by atoms with van der Waals surface area (Å²) in [6.45, 7) is 3.12. The number of imidazole rings is 1. The summed E-state index contributed by atoms with van der Waals surface area (Å²) in [5, 5.41) is 2.93. The van der Waals surface area contributed by atoms with Crippen LogP contribution in [-0.4, -0.2) is 22.0 Å². The van der Waals surface area contributed by atoms with Crippen LogP contribution in [0.15, 0.2) is 41.3 Å². The number of nitrogens with zero attached hydrogens (tertiary/aromatic N) is 2. The first-order valence-electron chi connectivity index (χ1n) is 6.38. The van der Waals surface area contributed by atoms with Crippen molar-refractivity contribution in [1.29, 1.82) is 0 Å². The van der Waals surface area contributed by atoms with Crippen LogP contribution >= 0.6 is 15.9 Å². The molecule has 0 spiro atoms. The summed E-state index contributed by atoms with van der Waals surface area (Å²) in [6.07, 6.45) is 3.32. The number of hydrogen-bond acceptors (Lipinski definition) is 3. The van der Waals surface area contributed by atoms with Gasteiger partial charge in [-0.05, 0) is 24.6 Å². The maximum atomic E-state index is 12.1. The van der Waals surface area contributed by atoms with Gasteiger partial charge in [0.25, 0.3) is 5.91 Å². The van der Waals surface area contributed by atoms with Gasteiger partial charge < -0.3 is 15.6 Å². The van der Waals surface area contributed by atoms with Gasteiger partial charge in [-0.15, -0.1) is 0 Å². The van der Waals surface area contributed by atoms with Crippen LogP contribution in [0.2, 0.25) is 0 Å². The molecule has 1 aromatic carbocycles. The van der Waals surface area contributed by atoms with E-state index in [-0.39, 0.29) is 11.9 Å². The number of halogens is 1. The summed E-state index contributed by atoms with van der Waals surface area (Å²) in [5.41, 5.74) is 6.91. The third-order valence-electron chi connectivity index (χ3n) is 2.97. The van der Waals surface area contributed by atoms with Gasteiger partial charge in [-0.3, -0.25) is 4.79 Å². The Bertz CT molecular complexity index is 579. The standard InChI is InChI=1S/C14H17BrN4O/c1-10(11-2-4-12(15)5-3-11)18-14(20)13-8-19(7-6-16)9-17-13/h2-5,8-10H,6-7,16H2,1H3,(H,18,20). The normalized spacial score (nSPS) is 12.2. The molecule has 1 atom stereocenters. The lowest BCUT2D eigenvalue weighted by molar-refractivity contribution is 0.0935. The van der Waals surface area contributed by atoms with Crippen molar-refractivity contribution in [1.82, 2.24) is 14.9 Å². The molecule has 1 unspecified atom stereocenters. The van der Waals surface area contributed by atoms with E-state index in [1.54, 1.807) is 17.1 Å². The fourth-order valence-electron chi connectivity index (χ4n) is 1.85. The second-order valence-corrected chi connectivity index (χ2v) is 5.45. The number of carbonyl (C=O) groups excluding carboxylic acids is 1. The van der Waals surface area contributed by atoms with Crippen LogP contribution in [-0.2, 0) is 6.54 Å². The Morgan fingerprint density at radius 3 is 2.80 bits per heavy atom. The summed E-state index contributed by atoms with van der Waals surface area (Å²) in [7, 11) is 0. The zero-order chi connectivity index (χ0) is 14.5. The molecule has 0 aliphatic carbocycles. The minimum Gasteiger partial charge on any atom is -0.344 e. The van der Waals surface area contributed by atoms with Crippen LogP contribution in [0.1, 0.15) is 29.0 Å². The molecule has 0 saturated heterocycles. The molecular weight excluding hydrogens is 320 g/mol. The second-order valence-electron chi connectivity index (χ2n) is 4.53. The zero-order valence-electron chi connectivity index (χ0n) is 11.2. The molecule has 0 bridgehead atoms. The zero-order valence-corrected chi connectivity index (χ0v) is 12.8. The third-order valence-corrected chi connectivity index (χ3v) is 3.50. The number of benzene rings is 1. The summed E-state index contributed by atoms with van der Waals surface area (Å²) in [6, 6.07) is 7.78. The van der Waals surface area contributed by atoms with E-state index in [1.165, 1.54) is 0 Å². The highest BCUT2D eigenvalue weighted by Gasteiger charge is 2.13. The molecule has 1 amide bonds.